The molecule has 19 heavy (non-hydrogen) atoms. The lowest BCUT2D eigenvalue weighted by Crippen LogP contribution is -2.11. The number of nitrogens with two attached hydrogens (primary N) is 1. The molecule has 0 atom stereocenters. The van der Waals surface area contributed by atoms with Crippen molar-refractivity contribution in [3.8, 4) is 5.75 Å². The number of carbonyl (C=O) groups is 1. The fourth-order valence-corrected chi connectivity index (χ4v) is 2.48. The maximum atomic E-state index is 11.6. The standard InChI is InChI=1S/C15H21NO3/c1-10-13(16)7-12(15(17)18-2)8-14(10)19-9-11-5-3-4-6-11/h7-8,11H,3-6,9,16H2,1-2H3. The predicted molar refractivity (Wildman–Crippen MR) is 74.4 cm³/mol. The summed E-state index contributed by atoms with van der Waals surface area (Å²) in [6.07, 6.45) is 5.03. The Labute approximate surface area is 113 Å². The molecule has 1 aliphatic carbocycles. The van der Waals surface area contributed by atoms with Crippen LogP contribution in [0.25, 0.3) is 0 Å². The Morgan fingerprint density at radius 3 is 2.68 bits per heavy atom. The lowest BCUT2D eigenvalue weighted by molar-refractivity contribution is 0.0600. The summed E-state index contributed by atoms with van der Waals surface area (Å²) < 4.78 is 10.6. The van der Waals surface area contributed by atoms with Crippen LogP contribution in [0.15, 0.2) is 12.1 Å². The molecule has 0 aliphatic heterocycles. The number of esters is 1. The second kappa shape index (κ2) is 5.95. The average Bonchev–Trinajstić information content (AvgIpc) is 2.92. The van der Waals surface area contributed by atoms with E-state index in [9.17, 15) is 4.79 Å². The van der Waals surface area contributed by atoms with Crippen LogP contribution < -0.4 is 10.5 Å². The lowest BCUT2D eigenvalue weighted by Gasteiger charge is -2.15. The third-order valence-electron chi connectivity index (χ3n) is 3.77. The number of rotatable bonds is 4. The van der Waals surface area contributed by atoms with Crippen LogP contribution in [0.5, 0.6) is 5.75 Å². The van der Waals surface area contributed by atoms with Gasteiger partial charge in [-0.05, 0) is 37.8 Å². The Hall–Kier alpha value is -1.71. The van der Waals surface area contributed by atoms with E-state index in [-0.39, 0.29) is 0 Å². The first kappa shape index (κ1) is 13.7. The molecule has 104 valence electrons. The molecule has 0 unspecified atom stereocenters. The van der Waals surface area contributed by atoms with Gasteiger partial charge in [0.25, 0.3) is 0 Å². The Bertz CT molecular complexity index is 465. The quantitative estimate of drug-likeness (QED) is 0.670. The van der Waals surface area contributed by atoms with Crippen molar-refractivity contribution in [3.63, 3.8) is 0 Å². The van der Waals surface area contributed by atoms with Gasteiger partial charge in [-0.25, -0.2) is 4.79 Å². The second-order valence-electron chi connectivity index (χ2n) is 5.14. The van der Waals surface area contributed by atoms with E-state index in [1.807, 2.05) is 6.92 Å². The summed E-state index contributed by atoms with van der Waals surface area (Å²) in [4.78, 5) is 11.6. The Morgan fingerprint density at radius 2 is 2.05 bits per heavy atom. The normalized spacial score (nSPS) is 15.5. The van der Waals surface area contributed by atoms with Crippen molar-refractivity contribution in [1.29, 1.82) is 0 Å². The van der Waals surface area contributed by atoms with Gasteiger partial charge in [0.2, 0.25) is 0 Å². The molecule has 1 saturated carbocycles. The topological polar surface area (TPSA) is 61.5 Å². The first-order valence-electron chi connectivity index (χ1n) is 6.73. The molecule has 2 N–H and O–H groups in total. The zero-order chi connectivity index (χ0) is 13.8. The summed E-state index contributed by atoms with van der Waals surface area (Å²) in [7, 11) is 1.36. The Balaban J connectivity index is 2.13. The summed E-state index contributed by atoms with van der Waals surface area (Å²) in [5, 5.41) is 0. The van der Waals surface area contributed by atoms with Gasteiger partial charge >= 0.3 is 5.97 Å². The fraction of sp³-hybridized carbons (Fsp3) is 0.533. The molecular formula is C15H21NO3. The zero-order valence-corrected chi connectivity index (χ0v) is 11.6. The van der Waals surface area contributed by atoms with Gasteiger partial charge in [0.05, 0.1) is 19.3 Å². The highest BCUT2D eigenvalue weighted by Gasteiger charge is 2.17. The number of methoxy groups -OCH3 is 1. The van der Waals surface area contributed by atoms with Crippen molar-refractivity contribution in [1.82, 2.24) is 0 Å². The van der Waals surface area contributed by atoms with E-state index in [4.69, 9.17) is 15.2 Å². The first-order chi connectivity index (χ1) is 9.11. The summed E-state index contributed by atoms with van der Waals surface area (Å²) in [6.45, 7) is 2.60. The molecule has 0 heterocycles. The van der Waals surface area contributed by atoms with Crippen LogP contribution in [0.4, 0.5) is 5.69 Å². The van der Waals surface area contributed by atoms with Crippen LogP contribution in [-0.2, 0) is 4.74 Å². The highest BCUT2D eigenvalue weighted by atomic mass is 16.5. The van der Waals surface area contributed by atoms with Crippen LogP contribution in [-0.4, -0.2) is 19.7 Å². The molecule has 0 bridgehead atoms. The first-order valence-corrected chi connectivity index (χ1v) is 6.73. The van der Waals surface area contributed by atoms with Crippen LogP contribution in [0.1, 0.15) is 41.6 Å². The van der Waals surface area contributed by atoms with E-state index in [0.29, 0.717) is 29.5 Å². The number of benzene rings is 1. The summed E-state index contributed by atoms with van der Waals surface area (Å²) in [5.74, 6) is 0.923. The van der Waals surface area contributed by atoms with E-state index < -0.39 is 5.97 Å². The van der Waals surface area contributed by atoms with Gasteiger partial charge in [0, 0.05) is 11.3 Å². The van der Waals surface area contributed by atoms with E-state index >= 15 is 0 Å². The molecule has 2 rings (SSSR count). The molecule has 0 saturated heterocycles. The molecule has 1 aliphatic rings. The van der Waals surface area contributed by atoms with E-state index in [1.165, 1.54) is 32.8 Å². The minimum atomic E-state index is -0.391. The largest absolute Gasteiger partial charge is 0.493 e. The van der Waals surface area contributed by atoms with Crippen molar-refractivity contribution in [2.45, 2.75) is 32.6 Å². The molecule has 1 aromatic rings. The number of hydrogen-bond donors (Lipinski definition) is 1. The third kappa shape index (κ3) is 3.19. The molecule has 0 spiro atoms. The highest BCUT2D eigenvalue weighted by molar-refractivity contribution is 5.91. The van der Waals surface area contributed by atoms with Crippen molar-refractivity contribution in [2.24, 2.45) is 5.92 Å². The van der Waals surface area contributed by atoms with E-state index in [1.54, 1.807) is 12.1 Å². The maximum Gasteiger partial charge on any atom is 0.338 e. The van der Waals surface area contributed by atoms with Crippen molar-refractivity contribution >= 4 is 11.7 Å². The summed E-state index contributed by atoms with van der Waals surface area (Å²) in [6, 6.07) is 3.34. The fourth-order valence-electron chi connectivity index (χ4n) is 2.48. The van der Waals surface area contributed by atoms with Gasteiger partial charge in [-0.1, -0.05) is 12.8 Å². The molecule has 4 heteroatoms. The summed E-state index contributed by atoms with van der Waals surface area (Å²) in [5.41, 5.74) is 7.79. The second-order valence-corrected chi connectivity index (χ2v) is 5.14. The Kier molecular flexibility index (Phi) is 4.30. The lowest BCUT2D eigenvalue weighted by atomic mass is 10.1. The molecule has 4 nitrogen and oxygen atoms in total. The third-order valence-corrected chi connectivity index (χ3v) is 3.77. The van der Waals surface area contributed by atoms with Gasteiger partial charge < -0.3 is 15.2 Å². The van der Waals surface area contributed by atoms with Crippen molar-refractivity contribution in [2.75, 3.05) is 19.5 Å². The maximum absolute atomic E-state index is 11.6. The van der Waals surface area contributed by atoms with Gasteiger partial charge in [0.1, 0.15) is 5.75 Å². The molecule has 1 fully saturated rings. The van der Waals surface area contributed by atoms with Gasteiger partial charge in [-0.3, -0.25) is 0 Å². The van der Waals surface area contributed by atoms with E-state index in [2.05, 4.69) is 0 Å². The minimum Gasteiger partial charge on any atom is -0.493 e. The molecule has 1 aromatic carbocycles. The summed E-state index contributed by atoms with van der Waals surface area (Å²) >= 11 is 0. The zero-order valence-electron chi connectivity index (χ0n) is 11.6. The number of ether oxygens (including phenoxy) is 2. The molecule has 0 aromatic heterocycles. The van der Waals surface area contributed by atoms with E-state index in [0.717, 1.165) is 5.56 Å². The molecule has 0 amide bonds. The smallest absolute Gasteiger partial charge is 0.338 e. The van der Waals surface area contributed by atoms with Crippen molar-refractivity contribution in [3.05, 3.63) is 23.3 Å². The van der Waals surface area contributed by atoms with Crippen molar-refractivity contribution < 1.29 is 14.3 Å². The minimum absolute atomic E-state index is 0.391. The van der Waals surface area contributed by atoms with Gasteiger partial charge in [0.15, 0.2) is 0 Å². The van der Waals surface area contributed by atoms with Crippen LogP contribution >= 0.6 is 0 Å². The average molecular weight is 263 g/mol. The Morgan fingerprint density at radius 1 is 1.37 bits per heavy atom. The number of anilines is 1. The number of nitrogen functional groups attached to an aromatic ring is 1. The highest BCUT2D eigenvalue weighted by Crippen LogP contribution is 2.29. The number of hydrogen-bond acceptors (Lipinski definition) is 4. The SMILES string of the molecule is COC(=O)c1cc(N)c(C)c(OCC2CCCC2)c1. The monoisotopic (exact) mass is 263 g/mol. The van der Waals surface area contributed by atoms with Crippen LogP contribution in [0, 0.1) is 12.8 Å². The predicted octanol–water partition coefficient (Wildman–Crippen LogP) is 2.93. The number of carbonyl (C=O) groups excluding carboxylic acids is 1. The van der Waals surface area contributed by atoms with Gasteiger partial charge in [-0.2, -0.15) is 0 Å². The van der Waals surface area contributed by atoms with Crippen LogP contribution in [0.3, 0.4) is 0 Å². The van der Waals surface area contributed by atoms with Gasteiger partial charge in [-0.15, -0.1) is 0 Å². The van der Waals surface area contributed by atoms with Crippen LogP contribution in [0.2, 0.25) is 0 Å². The molecular weight excluding hydrogens is 242 g/mol. The molecule has 0 radical (unpaired) electrons.